The largest absolute Gasteiger partial charge is 0.497 e. The summed E-state index contributed by atoms with van der Waals surface area (Å²) in [6.45, 7) is 7.69. The second-order valence-corrected chi connectivity index (χ2v) is 5.88. The number of methoxy groups -OCH3 is 1. The molecule has 2 N–H and O–H groups in total. The van der Waals surface area contributed by atoms with Crippen LogP contribution in [0.4, 0.5) is 0 Å². The van der Waals surface area contributed by atoms with E-state index >= 15 is 0 Å². The van der Waals surface area contributed by atoms with Gasteiger partial charge in [0.05, 0.1) is 25.4 Å². The summed E-state index contributed by atoms with van der Waals surface area (Å²) >= 11 is 0. The Hall–Kier alpha value is -1.10. The molecule has 0 aliphatic heterocycles. The number of nitrogens with one attached hydrogen (secondary N) is 1. The molecule has 0 spiro atoms. The number of rotatable bonds is 8. The van der Waals surface area contributed by atoms with E-state index < -0.39 is 6.10 Å². The molecule has 0 bridgehead atoms. The van der Waals surface area contributed by atoms with Crippen LogP contribution in [0.25, 0.3) is 0 Å². The van der Waals surface area contributed by atoms with Gasteiger partial charge in [-0.15, -0.1) is 0 Å². The second kappa shape index (κ2) is 8.25. The molecule has 1 aromatic carbocycles. The van der Waals surface area contributed by atoms with E-state index in [9.17, 15) is 5.11 Å². The lowest BCUT2D eigenvalue weighted by atomic mass is 10.1. The Morgan fingerprint density at radius 2 is 1.85 bits per heavy atom. The molecule has 0 fully saturated rings. The van der Waals surface area contributed by atoms with Crippen molar-refractivity contribution in [2.24, 2.45) is 0 Å². The fourth-order valence-corrected chi connectivity index (χ4v) is 1.70. The Bertz CT molecular complexity index is 370. The van der Waals surface area contributed by atoms with E-state index in [2.05, 4.69) is 17.4 Å². The monoisotopic (exact) mass is 281 g/mol. The van der Waals surface area contributed by atoms with Crippen LogP contribution in [0.5, 0.6) is 5.75 Å². The lowest BCUT2D eigenvalue weighted by molar-refractivity contribution is -0.0477. The first-order chi connectivity index (χ1) is 9.40. The first-order valence-corrected chi connectivity index (χ1v) is 7.06. The molecule has 0 saturated heterocycles. The predicted molar refractivity (Wildman–Crippen MR) is 81.3 cm³/mol. The molecule has 0 aliphatic carbocycles. The predicted octanol–water partition coefficient (Wildman–Crippen LogP) is 2.00. The maximum absolute atomic E-state index is 9.77. The molecule has 0 aromatic heterocycles. The highest BCUT2D eigenvalue weighted by Crippen LogP contribution is 2.11. The van der Waals surface area contributed by atoms with Crippen LogP contribution in [-0.4, -0.2) is 43.6 Å². The van der Waals surface area contributed by atoms with Gasteiger partial charge >= 0.3 is 0 Å². The average molecular weight is 281 g/mol. The van der Waals surface area contributed by atoms with Crippen molar-refractivity contribution in [2.75, 3.05) is 26.8 Å². The van der Waals surface area contributed by atoms with Gasteiger partial charge in [-0.2, -0.15) is 0 Å². The Kier molecular flexibility index (Phi) is 6.99. The summed E-state index contributed by atoms with van der Waals surface area (Å²) in [7, 11) is 1.66. The van der Waals surface area contributed by atoms with Gasteiger partial charge in [-0.25, -0.2) is 0 Å². The summed E-state index contributed by atoms with van der Waals surface area (Å²) in [6, 6.07) is 8.03. The summed E-state index contributed by atoms with van der Waals surface area (Å²) in [5, 5.41) is 13.0. The minimum atomic E-state index is -0.468. The van der Waals surface area contributed by atoms with Gasteiger partial charge in [-0.3, -0.25) is 0 Å². The molecule has 1 aromatic rings. The number of ether oxygens (including phenoxy) is 2. The first-order valence-electron chi connectivity index (χ1n) is 7.06. The summed E-state index contributed by atoms with van der Waals surface area (Å²) in [5.41, 5.74) is 1.04. The molecule has 4 heteroatoms. The van der Waals surface area contributed by atoms with E-state index in [1.54, 1.807) is 7.11 Å². The van der Waals surface area contributed by atoms with Crippen LogP contribution in [0.2, 0.25) is 0 Å². The highest BCUT2D eigenvalue weighted by Gasteiger charge is 2.13. The van der Waals surface area contributed by atoms with Crippen molar-refractivity contribution in [3.63, 3.8) is 0 Å². The topological polar surface area (TPSA) is 50.7 Å². The van der Waals surface area contributed by atoms with Crippen molar-refractivity contribution in [1.82, 2.24) is 5.32 Å². The van der Waals surface area contributed by atoms with E-state index in [0.717, 1.165) is 18.7 Å². The van der Waals surface area contributed by atoms with Crippen molar-refractivity contribution >= 4 is 0 Å². The van der Waals surface area contributed by atoms with Gasteiger partial charge in [0.15, 0.2) is 0 Å². The zero-order valence-corrected chi connectivity index (χ0v) is 13.0. The fraction of sp³-hybridized carbons (Fsp3) is 0.625. The smallest absolute Gasteiger partial charge is 0.118 e. The molecule has 1 rings (SSSR count). The van der Waals surface area contributed by atoms with Crippen LogP contribution in [0.3, 0.4) is 0 Å². The number of hydrogen-bond acceptors (Lipinski definition) is 4. The van der Waals surface area contributed by atoms with Crippen molar-refractivity contribution in [2.45, 2.75) is 38.9 Å². The highest BCUT2D eigenvalue weighted by atomic mass is 16.5. The summed E-state index contributed by atoms with van der Waals surface area (Å²) in [6.07, 6.45) is 0.460. The summed E-state index contributed by atoms with van der Waals surface area (Å²) < 4.78 is 10.6. The number of aliphatic hydroxyl groups excluding tert-OH is 1. The van der Waals surface area contributed by atoms with Gasteiger partial charge in [0.25, 0.3) is 0 Å². The maximum Gasteiger partial charge on any atom is 0.118 e. The quantitative estimate of drug-likeness (QED) is 0.716. The summed E-state index contributed by atoms with van der Waals surface area (Å²) in [4.78, 5) is 0. The van der Waals surface area contributed by atoms with E-state index in [0.29, 0.717) is 13.2 Å². The third-order valence-electron chi connectivity index (χ3n) is 2.84. The van der Waals surface area contributed by atoms with Gasteiger partial charge in [0.1, 0.15) is 5.75 Å². The Balaban J connectivity index is 2.14. The molecule has 0 radical (unpaired) electrons. The minimum Gasteiger partial charge on any atom is -0.497 e. The van der Waals surface area contributed by atoms with Crippen LogP contribution in [-0.2, 0) is 11.2 Å². The summed E-state index contributed by atoms with van der Waals surface area (Å²) in [5.74, 6) is 0.872. The average Bonchev–Trinajstić information content (AvgIpc) is 2.41. The lowest BCUT2D eigenvalue weighted by Gasteiger charge is -2.22. The third kappa shape index (κ3) is 7.48. The fourth-order valence-electron chi connectivity index (χ4n) is 1.70. The molecule has 0 amide bonds. The SMILES string of the molecule is COc1ccc(CCNCC(O)COC(C)(C)C)cc1. The Labute approximate surface area is 122 Å². The van der Waals surface area contributed by atoms with Gasteiger partial charge in [0, 0.05) is 6.54 Å². The second-order valence-electron chi connectivity index (χ2n) is 5.88. The molecule has 20 heavy (non-hydrogen) atoms. The standard InChI is InChI=1S/C16H27NO3/c1-16(2,3)20-12-14(18)11-17-10-9-13-5-7-15(19-4)8-6-13/h5-8,14,17-18H,9-12H2,1-4H3. The molecule has 0 heterocycles. The zero-order chi connectivity index (χ0) is 15.0. The van der Waals surface area contributed by atoms with Crippen molar-refractivity contribution in [3.8, 4) is 5.75 Å². The minimum absolute atomic E-state index is 0.204. The normalized spacial score (nSPS) is 13.2. The Morgan fingerprint density at radius 1 is 1.20 bits per heavy atom. The molecular weight excluding hydrogens is 254 g/mol. The van der Waals surface area contributed by atoms with Crippen LogP contribution in [0, 0.1) is 0 Å². The van der Waals surface area contributed by atoms with Crippen molar-refractivity contribution in [1.29, 1.82) is 0 Å². The molecule has 1 atom stereocenters. The highest BCUT2D eigenvalue weighted by molar-refractivity contribution is 5.27. The maximum atomic E-state index is 9.77. The number of aliphatic hydroxyl groups is 1. The molecular formula is C16H27NO3. The van der Waals surface area contributed by atoms with Gasteiger partial charge in [0.2, 0.25) is 0 Å². The van der Waals surface area contributed by atoms with E-state index in [1.165, 1.54) is 5.56 Å². The van der Waals surface area contributed by atoms with E-state index in [-0.39, 0.29) is 5.60 Å². The van der Waals surface area contributed by atoms with Crippen LogP contribution in [0.1, 0.15) is 26.3 Å². The van der Waals surface area contributed by atoms with Crippen LogP contribution < -0.4 is 10.1 Å². The van der Waals surface area contributed by atoms with Gasteiger partial charge in [-0.05, 0) is 51.4 Å². The molecule has 0 saturated carbocycles. The zero-order valence-electron chi connectivity index (χ0n) is 13.0. The van der Waals surface area contributed by atoms with Crippen molar-refractivity contribution in [3.05, 3.63) is 29.8 Å². The van der Waals surface area contributed by atoms with E-state index in [4.69, 9.17) is 9.47 Å². The molecule has 0 aliphatic rings. The Morgan fingerprint density at radius 3 is 2.40 bits per heavy atom. The van der Waals surface area contributed by atoms with Crippen LogP contribution >= 0.6 is 0 Å². The van der Waals surface area contributed by atoms with Gasteiger partial charge in [-0.1, -0.05) is 12.1 Å². The van der Waals surface area contributed by atoms with E-state index in [1.807, 2.05) is 32.9 Å². The molecule has 4 nitrogen and oxygen atoms in total. The number of benzene rings is 1. The third-order valence-corrected chi connectivity index (χ3v) is 2.84. The number of hydrogen-bond donors (Lipinski definition) is 2. The van der Waals surface area contributed by atoms with Crippen LogP contribution in [0.15, 0.2) is 24.3 Å². The van der Waals surface area contributed by atoms with Crippen molar-refractivity contribution < 1.29 is 14.6 Å². The first kappa shape index (κ1) is 17.0. The van der Waals surface area contributed by atoms with Gasteiger partial charge < -0.3 is 19.9 Å². The molecule has 1 unspecified atom stereocenters. The lowest BCUT2D eigenvalue weighted by Crippen LogP contribution is -2.34. The molecule has 114 valence electrons.